The van der Waals surface area contributed by atoms with E-state index in [-0.39, 0.29) is 23.2 Å². The molecule has 0 aliphatic carbocycles. The lowest BCUT2D eigenvalue weighted by Gasteiger charge is -2.15. The first-order valence-electron chi connectivity index (χ1n) is 9.34. The highest BCUT2D eigenvalue weighted by molar-refractivity contribution is 8.19. The summed E-state index contributed by atoms with van der Waals surface area (Å²) in [7, 11) is 2.91. The Hall–Kier alpha value is -3.78. The highest BCUT2D eigenvalue weighted by Gasteiger charge is 2.35. The molecule has 0 bridgehead atoms. The van der Waals surface area contributed by atoms with Crippen molar-refractivity contribution in [2.45, 2.75) is 0 Å². The largest absolute Gasteiger partial charge is 0.502 e. The van der Waals surface area contributed by atoms with Gasteiger partial charge in [0.15, 0.2) is 22.5 Å². The molecule has 2 heterocycles. The van der Waals surface area contributed by atoms with Gasteiger partial charge in [-0.1, -0.05) is 24.3 Å². The highest BCUT2D eigenvalue weighted by Crippen LogP contribution is 2.40. The number of carbonyl (C=O) groups excluding carboxylic acids is 1. The molecule has 31 heavy (non-hydrogen) atoms. The maximum Gasteiger partial charge on any atom is 0.271 e. The van der Waals surface area contributed by atoms with Crippen molar-refractivity contribution in [1.82, 2.24) is 4.98 Å². The van der Waals surface area contributed by atoms with Crippen LogP contribution in [0, 0.1) is 0 Å². The first kappa shape index (κ1) is 20.5. The van der Waals surface area contributed by atoms with Crippen LogP contribution in [0.1, 0.15) is 5.56 Å². The van der Waals surface area contributed by atoms with Crippen molar-refractivity contribution in [1.29, 1.82) is 0 Å². The van der Waals surface area contributed by atoms with E-state index in [2.05, 4.69) is 9.98 Å². The standard InChI is InChI=1S/C23H19N3O4S/c1-29-17-12-15(13-18(30-2)21(17)27)14-19-22(28)26(16-8-4-3-5-9-16)23(31-19)25-20-10-6-7-11-24-20/h3-14,27H,1-2H3/b19-14-,25-23+. The fourth-order valence-electron chi connectivity index (χ4n) is 3.02. The quantitative estimate of drug-likeness (QED) is 0.592. The average Bonchev–Trinajstić information content (AvgIpc) is 3.10. The maximum absolute atomic E-state index is 13.3. The van der Waals surface area contributed by atoms with Crippen molar-refractivity contribution in [2.75, 3.05) is 19.1 Å². The molecule has 1 aromatic heterocycles. The van der Waals surface area contributed by atoms with E-state index in [0.29, 0.717) is 27.1 Å². The van der Waals surface area contributed by atoms with Crippen molar-refractivity contribution in [3.8, 4) is 17.2 Å². The number of aliphatic imine (C=N–C) groups is 1. The second-order valence-corrected chi connectivity index (χ2v) is 7.45. The van der Waals surface area contributed by atoms with E-state index >= 15 is 0 Å². The number of amides is 1. The number of nitrogens with zero attached hydrogens (tertiary/aromatic N) is 3. The minimum Gasteiger partial charge on any atom is -0.502 e. The molecule has 3 aromatic rings. The Morgan fingerprint density at radius 1 is 1.03 bits per heavy atom. The van der Waals surface area contributed by atoms with Crippen LogP contribution >= 0.6 is 11.8 Å². The summed E-state index contributed by atoms with van der Waals surface area (Å²) in [6, 6.07) is 18.0. The zero-order chi connectivity index (χ0) is 21.8. The molecule has 7 nitrogen and oxygen atoms in total. The summed E-state index contributed by atoms with van der Waals surface area (Å²) in [5.41, 5.74) is 1.35. The Balaban J connectivity index is 1.78. The summed E-state index contributed by atoms with van der Waals surface area (Å²) in [6.45, 7) is 0. The normalized spacial score (nSPS) is 16.2. The van der Waals surface area contributed by atoms with Gasteiger partial charge in [-0.2, -0.15) is 0 Å². The summed E-state index contributed by atoms with van der Waals surface area (Å²) < 4.78 is 10.4. The summed E-state index contributed by atoms with van der Waals surface area (Å²) in [6.07, 6.45) is 3.37. The molecule has 156 valence electrons. The van der Waals surface area contributed by atoms with Crippen molar-refractivity contribution < 1.29 is 19.4 Å². The molecule has 4 rings (SSSR count). The number of carbonyl (C=O) groups is 1. The van der Waals surface area contributed by atoms with Crippen LogP contribution in [0.25, 0.3) is 6.08 Å². The van der Waals surface area contributed by atoms with Gasteiger partial charge in [0.25, 0.3) is 5.91 Å². The lowest BCUT2D eigenvalue weighted by molar-refractivity contribution is -0.113. The number of amidine groups is 1. The van der Waals surface area contributed by atoms with Crippen LogP contribution < -0.4 is 14.4 Å². The molecular formula is C23H19N3O4S. The van der Waals surface area contributed by atoms with E-state index in [1.54, 1.807) is 35.4 Å². The van der Waals surface area contributed by atoms with Crippen LogP contribution in [-0.2, 0) is 4.79 Å². The summed E-state index contributed by atoms with van der Waals surface area (Å²) in [4.78, 5) is 24.2. The number of phenolic OH excluding ortho intramolecular Hbond substituents is 1. The van der Waals surface area contributed by atoms with Crippen LogP contribution in [0.4, 0.5) is 11.5 Å². The third kappa shape index (κ3) is 4.24. The minimum absolute atomic E-state index is 0.0964. The molecule has 0 atom stereocenters. The number of aromatic nitrogens is 1. The van der Waals surface area contributed by atoms with Crippen molar-refractivity contribution >= 4 is 40.4 Å². The van der Waals surface area contributed by atoms with Crippen molar-refractivity contribution in [3.63, 3.8) is 0 Å². The van der Waals surface area contributed by atoms with Gasteiger partial charge in [-0.05, 0) is 59.8 Å². The molecule has 1 saturated heterocycles. The number of aromatic hydroxyl groups is 1. The zero-order valence-electron chi connectivity index (χ0n) is 16.9. The minimum atomic E-state index is -0.211. The van der Waals surface area contributed by atoms with Gasteiger partial charge in [0.1, 0.15) is 0 Å². The number of para-hydroxylation sites is 1. The van der Waals surface area contributed by atoms with E-state index in [0.717, 1.165) is 0 Å². The fraction of sp³-hybridized carbons (Fsp3) is 0.0870. The van der Waals surface area contributed by atoms with Crippen molar-refractivity contribution in [3.05, 3.63) is 77.3 Å². The first-order valence-corrected chi connectivity index (χ1v) is 10.2. The topological polar surface area (TPSA) is 84.3 Å². The third-order valence-corrected chi connectivity index (χ3v) is 5.45. The molecule has 8 heteroatoms. The Morgan fingerprint density at radius 2 is 1.71 bits per heavy atom. The number of anilines is 1. The number of rotatable bonds is 5. The monoisotopic (exact) mass is 433 g/mol. The lowest BCUT2D eigenvalue weighted by Crippen LogP contribution is -2.28. The molecule has 0 radical (unpaired) electrons. The number of methoxy groups -OCH3 is 2. The van der Waals surface area contributed by atoms with E-state index in [1.807, 2.05) is 42.5 Å². The number of hydrogen-bond acceptors (Lipinski definition) is 7. The van der Waals surface area contributed by atoms with Gasteiger partial charge in [0.2, 0.25) is 5.75 Å². The maximum atomic E-state index is 13.3. The van der Waals surface area contributed by atoms with Gasteiger partial charge in [-0.25, -0.2) is 9.98 Å². The number of hydrogen-bond donors (Lipinski definition) is 1. The number of pyridine rings is 1. The summed E-state index contributed by atoms with van der Waals surface area (Å²) in [5.74, 6) is 0.707. The molecule has 0 spiro atoms. The van der Waals surface area contributed by atoms with Crippen LogP contribution in [0.2, 0.25) is 0 Å². The van der Waals surface area contributed by atoms with E-state index in [4.69, 9.17) is 9.47 Å². The second kappa shape index (κ2) is 8.93. The average molecular weight is 433 g/mol. The van der Waals surface area contributed by atoms with Crippen LogP contribution in [0.15, 0.2) is 76.8 Å². The number of thioether (sulfide) groups is 1. The molecular weight excluding hydrogens is 414 g/mol. The lowest BCUT2D eigenvalue weighted by atomic mass is 10.1. The number of phenols is 1. The summed E-state index contributed by atoms with van der Waals surface area (Å²) >= 11 is 1.25. The van der Waals surface area contributed by atoms with Gasteiger partial charge in [0, 0.05) is 6.20 Å². The second-order valence-electron chi connectivity index (χ2n) is 6.44. The molecule has 1 aliphatic heterocycles. The molecule has 1 aliphatic rings. The fourth-order valence-corrected chi connectivity index (χ4v) is 4.01. The highest BCUT2D eigenvalue weighted by atomic mass is 32.2. The van der Waals surface area contributed by atoms with Gasteiger partial charge < -0.3 is 14.6 Å². The number of benzene rings is 2. The Morgan fingerprint density at radius 3 is 2.32 bits per heavy atom. The predicted molar refractivity (Wildman–Crippen MR) is 122 cm³/mol. The van der Waals surface area contributed by atoms with Gasteiger partial charge >= 0.3 is 0 Å². The molecule has 1 amide bonds. The van der Waals surface area contributed by atoms with Crippen LogP contribution in [0.5, 0.6) is 17.2 Å². The number of ether oxygens (including phenoxy) is 2. The van der Waals surface area contributed by atoms with Gasteiger partial charge in [-0.15, -0.1) is 0 Å². The van der Waals surface area contributed by atoms with E-state index in [9.17, 15) is 9.90 Å². The van der Waals surface area contributed by atoms with Gasteiger partial charge in [-0.3, -0.25) is 9.69 Å². The molecule has 0 saturated carbocycles. The smallest absolute Gasteiger partial charge is 0.271 e. The van der Waals surface area contributed by atoms with E-state index in [1.165, 1.54) is 26.0 Å². The molecule has 1 N–H and O–H groups in total. The summed E-state index contributed by atoms with van der Waals surface area (Å²) in [5, 5.41) is 10.6. The third-order valence-electron chi connectivity index (χ3n) is 4.48. The van der Waals surface area contributed by atoms with Crippen molar-refractivity contribution in [2.24, 2.45) is 4.99 Å². The van der Waals surface area contributed by atoms with Crippen LogP contribution in [0.3, 0.4) is 0 Å². The first-order chi connectivity index (χ1) is 15.1. The molecule has 1 fully saturated rings. The molecule has 0 unspecified atom stereocenters. The Bertz CT molecular complexity index is 1140. The van der Waals surface area contributed by atoms with E-state index < -0.39 is 0 Å². The Labute approximate surface area is 183 Å². The Kier molecular flexibility index (Phi) is 5.90. The van der Waals surface area contributed by atoms with Gasteiger partial charge in [0.05, 0.1) is 24.8 Å². The van der Waals surface area contributed by atoms with Crippen LogP contribution in [-0.4, -0.2) is 35.4 Å². The molecule has 2 aromatic carbocycles. The SMILES string of the molecule is COc1cc(/C=C2\S/C(=N/c3ccccn3)N(c3ccccc3)C2=O)cc(OC)c1O. The predicted octanol–water partition coefficient (Wildman–Crippen LogP) is 4.61. The zero-order valence-corrected chi connectivity index (χ0v) is 17.7.